The van der Waals surface area contributed by atoms with Crippen molar-refractivity contribution in [2.24, 2.45) is 0 Å². The third-order valence-corrected chi connectivity index (χ3v) is 6.48. The van der Waals surface area contributed by atoms with E-state index in [0.717, 1.165) is 50.1 Å². The van der Waals surface area contributed by atoms with E-state index in [4.69, 9.17) is 4.74 Å². The van der Waals surface area contributed by atoms with Crippen molar-refractivity contribution in [1.29, 1.82) is 0 Å². The minimum absolute atomic E-state index is 0.0960. The van der Waals surface area contributed by atoms with Crippen LogP contribution in [0.2, 0.25) is 0 Å². The van der Waals surface area contributed by atoms with Crippen LogP contribution in [0.4, 0.5) is 0 Å². The average molecular weight is 347 g/mol. The third-order valence-electron chi connectivity index (χ3n) is 5.35. The fraction of sp³-hybridized carbons (Fsp3) is 0.667. The summed E-state index contributed by atoms with van der Waals surface area (Å²) in [7, 11) is 0. The van der Waals surface area contributed by atoms with Crippen molar-refractivity contribution in [1.82, 2.24) is 14.8 Å². The normalized spacial score (nSPS) is 25.5. The number of piperazine rings is 1. The lowest BCUT2D eigenvalue weighted by atomic mass is 9.91. The molecule has 2 aliphatic heterocycles. The first-order chi connectivity index (χ1) is 11.8. The van der Waals surface area contributed by atoms with E-state index in [1.54, 1.807) is 6.20 Å². The van der Waals surface area contributed by atoms with Gasteiger partial charge in [-0.1, -0.05) is 6.42 Å². The van der Waals surface area contributed by atoms with Crippen LogP contribution in [0.15, 0.2) is 18.3 Å². The second-order valence-electron chi connectivity index (χ2n) is 6.90. The van der Waals surface area contributed by atoms with E-state index in [0.29, 0.717) is 11.4 Å². The number of thioether (sulfide) groups is 1. The zero-order valence-corrected chi connectivity index (χ0v) is 14.8. The van der Waals surface area contributed by atoms with Gasteiger partial charge in [-0.25, -0.2) is 4.98 Å². The van der Waals surface area contributed by atoms with E-state index >= 15 is 0 Å². The average Bonchev–Trinajstić information content (AvgIpc) is 3.07. The predicted octanol–water partition coefficient (Wildman–Crippen LogP) is 2.28. The molecule has 5 nitrogen and oxygen atoms in total. The highest BCUT2D eigenvalue weighted by Crippen LogP contribution is 2.26. The lowest BCUT2D eigenvalue weighted by Crippen LogP contribution is -2.53. The summed E-state index contributed by atoms with van der Waals surface area (Å²) in [6.07, 6.45) is 7.04. The highest BCUT2D eigenvalue weighted by atomic mass is 32.2. The molecule has 1 aromatic heterocycles. The Kier molecular flexibility index (Phi) is 4.94. The van der Waals surface area contributed by atoms with Gasteiger partial charge in [-0.15, -0.1) is 0 Å². The summed E-state index contributed by atoms with van der Waals surface area (Å²) < 4.78 is 5.85. The maximum Gasteiger partial charge on any atom is 0.255 e. The molecule has 0 aromatic carbocycles. The Morgan fingerprint density at radius 2 is 2.00 bits per heavy atom. The smallest absolute Gasteiger partial charge is 0.255 e. The number of aromatic nitrogens is 1. The van der Waals surface area contributed by atoms with E-state index in [9.17, 15) is 4.79 Å². The summed E-state index contributed by atoms with van der Waals surface area (Å²) in [6, 6.07) is 4.46. The predicted molar refractivity (Wildman–Crippen MR) is 95.7 cm³/mol. The van der Waals surface area contributed by atoms with Crippen molar-refractivity contribution in [2.45, 2.75) is 37.8 Å². The highest BCUT2D eigenvalue weighted by molar-refractivity contribution is 7.99. The number of carbonyl (C=O) groups excluding carboxylic acids is 1. The zero-order valence-electron chi connectivity index (χ0n) is 14.0. The number of rotatable bonds is 4. The van der Waals surface area contributed by atoms with Gasteiger partial charge in [0.2, 0.25) is 5.88 Å². The number of nitrogens with zero attached hydrogens (tertiary/aromatic N) is 3. The van der Waals surface area contributed by atoms with Gasteiger partial charge in [0.15, 0.2) is 0 Å². The van der Waals surface area contributed by atoms with Crippen LogP contribution < -0.4 is 4.74 Å². The summed E-state index contributed by atoms with van der Waals surface area (Å²) in [4.78, 5) is 21.5. The quantitative estimate of drug-likeness (QED) is 0.836. The van der Waals surface area contributed by atoms with E-state index < -0.39 is 0 Å². The van der Waals surface area contributed by atoms with Gasteiger partial charge in [0.25, 0.3) is 5.91 Å². The lowest BCUT2D eigenvalue weighted by molar-refractivity contribution is 0.0455. The van der Waals surface area contributed by atoms with Crippen molar-refractivity contribution in [3.63, 3.8) is 0 Å². The van der Waals surface area contributed by atoms with Crippen LogP contribution >= 0.6 is 11.8 Å². The Morgan fingerprint density at radius 3 is 2.58 bits per heavy atom. The monoisotopic (exact) mass is 347 g/mol. The molecule has 0 spiro atoms. The van der Waals surface area contributed by atoms with Crippen molar-refractivity contribution in [3.05, 3.63) is 23.9 Å². The second-order valence-corrected chi connectivity index (χ2v) is 8.05. The van der Waals surface area contributed by atoms with Gasteiger partial charge >= 0.3 is 0 Å². The van der Waals surface area contributed by atoms with Crippen LogP contribution in [-0.4, -0.2) is 70.5 Å². The molecule has 1 aromatic rings. The van der Waals surface area contributed by atoms with Gasteiger partial charge in [0.05, 0.1) is 5.56 Å². The molecule has 4 rings (SSSR count). The summed E-state index contributed by atoms with van der Waals surface area (Å²) in [5, 5.41) is 0. The summed E-state index contributed by atoms with van der Waals surface area (Å²) in [6.45, 7) is 3.66. The van der Waals surface area contributed by atoms with E-state index in [2.05, 4.69) is 9.88 Å². The first-order valence-corrected chi connectivity index (χ1v) is 10.2. The van der Waals surface area contributed by atoms with Crippen LogP contribution in [0.3, 0.4) is 0 Å². The highest BCUT2D eigenvalue weighted by Gasteiger charge is 2.29. The molecular formula is C18H25N3O2S. The topological polar surface area (TPSA) is 45.7 Å². The summed E-state index contributed by atoms with van der Waals surface area (Å²) >= 11 is 1.92. The number of ether oxygens (including phenoxy) is 1. The fourth-order valence-electron chi connectivity index (χ4n) is 3.58. The van der Waals surface area contributed by atoms with E-state index in [1.807, 2.05) is 28.8 Å². The van der Waals surface area contributed by atoms with Crippen LogP contribution in [-0.2, 0) is 0 Å². The molecule has 3 fully saturated rings. The number of carbonyl (C=O) groups is 1. The first-order valence-electron chi connectivity index (χ1n) is 9.03. The first kappa shape index (κ1) is 16.2. The van der Waals surface area contributed by atoms with Crippen LogP contribution in [0.5, 0.6) is 5.88 Å². The Labute approximate surface area is 147 Å². The molecule has 1 aliphatic carbocycles. The summed E-state index contributed by atoms with van der Waals surface area (Å²) in [5.74, 6) is 2.93. The molecule has 2 saturated heterocycles. The molecule has 1 saturated carbocycles. The molecule has 1 amide bonds. The summed E-state index contributed by atoms with van der Waals surface area (Å²) in [5.41, 5.74) is 0.667. The molecule has 0 unspecified atom stereocenters. The van der Waals surface area contributed by atoms with E-state index in [-0.39, 0.29) is 12.0 Å². The van der Waals surface area contributed by atoms with Gasteiger partial charge in [0.1, 0.15) is 6.10 Å². The van der Waals surface area contributed by atoms with Crippen molar-refractivity contribution >= 4 is 17.7 Å². The minimum Gasteiger partial charge on any atom is -0.473 e. The minimum atomic E-state index is 0.0960. The van der Waals surface area contributed by atoms with Crippen LogP contribution in [0.25, 0.3) is 0 Å². The lowest BCUT2D eigenvalue weighted by Gasteiger charge is -2.42. The Balaban J connectivity index is 1.31. The molecule has 0 radical (unpaired) electrons. The largest absolute Gasteiger partial charge is 0.473 e. The van der Waals surface area contributed by atoms with Crippen LogP contribution in [0.1, 0.15) is 36.0 Å². The molecule has 24 heavy (non-hydrogen) atoms. The molecule has 6 heteroatoms. The van der Waals surface area contributed by atoms with Crippen molar-refractivity contribution in [3.8, 4) is 5.88 Å². The van der Waals surface area contributed by atoms with Gasteiger partial charge < -0.3 is 9.64 Å². The maximum absolute atomic E-state index is 12.6. The second kappa shape index (κ2) is 7.31. The van der Waals surface area contributed by atoms with Gasteiger partial charge in [-0.3, -0.25) is 9.69 Å². The number of pyridine rings is 1. The van der Waals surface area contributed by atoms with Crippen molar-refractivity contribution < 1.29 is 9.53 Å². The van der Waals surface area contributed by atoms with Crippen LogP contribution in [0, 0.1) is 0 Å². The standard InChI is InChI=1S/C18H25N3O2S/c22-18(21-9-7-20(8-10-21)15-2-1-3-15)14-4-5-17(19-12-14)23-16-6-11-24-13-16/h4-5,12,15-16H,1-3,6-11,13H2/t16-/m0/s1. The van der Waals surface area contributed by atoms with Crippen molar-refractivity contribution in [2.75, 3.05) is 37.7 Å². The Morgan fingerprint density at radius 1 is 1.17 bits per heavy atom. The molecule has 130 valence electrons. The van der Waals surface area contributed by atoms with Gasteiger partial charge in [0, 0.05) is 50.2 Å². The SMILES string of the molecule is O=C(c1ccc(O[C@H]2CCSC2)nc1)N1CCN(C2CCC2)CC1. The Bertz CT molecular complexity index is 562. The number of amides is 1. The molecule has 3 aliphatic rings. The zero-order chi connectivity index (χ0) is 16.4. The number of hydrogen-bond acceptors (Lipinski definition) is 5. The molecule has 0 bridgehead atoms. The molecule has 3 heterocycles. The number of hydrogen-bond donors (Lipinski definition) is 0. The maximum atomic E-state index is 12.6. The molecule has 0 N–H and O–H groups in total. The molecular weight excluding hydrogens is 322 g/mol. The van der Waals surface area contributed by atoms with E-state index in [1.165, 1.54) is 19.3 Å². The third kappa shape index (κ3) is 3.54. The molecule has 1 atom stereocenters. The van der Waals surface area contributed by atoms with Gasteiger partial charge in [-0.05, 0) is 31.1 Å². The fourth-order valence-corrected chi connectivity index (χ4v) is 4.67. The Hall–Kier alpha value is -1.27. The van der Waals surface area contributed by atoms with Gasteiger partial charge in [-0.2, -0.15) is 11.8 Å².